The fraction of sp³-hybridized carbons (Fsp3) is 0.846. The summed E-state index contributed by atoms with van der Waals surface area (Å²) in [5.74, 6) is 2.82. The van der Waals surface area contributed by atoms with Crippen LogP contribution in [0.2, 0.25) is 0 Å². The molecule has 2 aliphatic carbocycles. The van der Waals surface area contributed by atoms with Gasteiger partial charge in [-0.3, -0.25) is 0 Å². The van der Waals surface area contributed by atoms with Gasteiger partial charge in [-0.2, -0.15) is 4.98 Å². The van der Waals surface area contributed by atoms with Crippen LogP contribution >= 0.6 is 0 Å². The van der Waals surface area contributed by atoms with Crippen molar-refractivity contribution in [1.82, 2.24) is 10.1 Å². The highest BCUT2D eigenvalue weighted by atomic mass is 16.5. The summed E-state index contributed by atoms with van der Waals surface area (Å²) in [4.78, 5) is 4.43. The highest BCUT2D eigenvalue weighted by Gasteiger charge is 2.30. The second-order valence-corrected chi connectivity index (χ2v) is 5.61. The summed E-state index contributed by atoms with van der Waals surface area (Å²) in [6.07, 6.45) is 10.2. The maximum Gasteiger partial charge on any atom is 0.229 e. The Morgan fingerprint density at radius 1 is 1.18 bits per heavy atom. The first-order valence-electron chi connectivity index (χ1n) is 6.92. The third-order valence-electron chi connectivity index (χ3n) is 4.03. The van der Waals surface area contributed by atoms with Crippen LogP contribution in [0.4, 0.5) is 0 Å². The molecule has 3 rings (SSSR count). The van der Waals surface area contributed by atoms with E-state index in [1.807, 2.05) is 0 Å². The zero-order chi connectivity index (χ0) is 11.7. The summed E-state index contributed by atoms with van der Waals surface area (Å²) in [6, 6.07) is -0.0330. The average Bonchev–Trinajstić information content (AvgIpc) is 3.08. The molecule has 1 aromatic heterocycles. The second kappa shape index (κ2) is 4.77. The summed E-state index contributed by atoms with van der Waals surface area (Å²) in [7, 11) is 0. The van der Waals surface area contributed by atoms with Crippen molar-refractivity contribution in [3.05, 3.63) is 11.7 Å². The first-order chi connectivity index (χ1) is 8.33. The molecule has 2 aliphatic rings. The van der Waals surface area contributed by atoms with Crippen molar-refractivity contribution >= 4 is 0 Å². The van der Waals surface area contributed by atoms with E-state index >= 15 is 0 Å². The van der Waals surface area contributed by atoms with Crippen LogP contribution in [0.25, 0.3) is 0 Å². The van der Waals surface area contributed by atoms with E-state index in [0.717, 1.165) is 24.1 Å². The van der Waals surface area contributed by atoms with Crippen LogP contribution in [-0.2, 0) is 0 Å². The van der Waals surface area contributed by atoms with Gasteiger partial charge in [-0.25, -0.2) is 0 Å². The van der Waals surface area contributed by atoms with Gasteiger partial charge in [0.15, 0.2) is 5.82 Å². The Hall–Kier alpha value is -0.900. The van der Waals surface area contributed by atoms with Crippen LogP contribution in [0.1, 0.15) is 75.0 Å². The largest absolute Gasteiger partial charge is 0.339 e. The number of hydrogen-bond donors (Lipinski definition) is 1. The van der Waals surface area contributed by atoms with Crippen LogP contribution in [0.3, 0.4) is 0 Å². The molecule has 0 aliphatic heterocycles. The van der Waals surface area contributed by atoms with Crippen molar-refractivity contribution in [2.75, 3.05) is 0 Å². The Morgan fingerprint density at radius 2 is 1.94 bits per heavy atom. The quantitative estimate of drug-likeness (QED) is 0.871. The van der Waals surface area contributed by atoms with Gasteiger partial charge in [0.05, 0.1) is 6.04 Å². The molecule has 0 radical (unpaired) electrons. The lowest BCUT2D eigenvalue weighted by atomic mass is 9.85. The normalized spacial score (nSPS) is 23.8. The van der Waals surface area contributed by atoms with E-state index in [2.05, 4.69) is 10.1 Å². The fourth-order valence-electron chi connectivity index (χ4n) is 2.78. The molecule has 1 unspecified atom stereocenters. The highest BCUT2D eigenvalue weighted by molar-refractivity contribution is 5.03. The number of hydrogen-bond acceptors (Lipinski definition) is 4. The van der Waals surface area contributed by atoms with Crippen LogP contribution in [0, 0.1) is 5.92 Å². The zero-order valence-corrected chi connectivity index (χ0v) is 10.3. The molecular weight excluding hydrogens is 214 g/mol. The van der Waals surface area contributed by atoms with Crippen LogP contribution in [0.5, 0.6) is 0 Å². The maximum atomic E-state index is 6.17. The van der Waals surface area contributed by atoms with Crippen molar-refractivity contribution in [2.24, 2.45) is 11.7 Å². The molecule has 0 spiro atoms. The number of aromatic nitrogens is 2. The first kappa shape index (κ1) is 11.2. The van der Waals surface area contributed by atoms with Crippen molar-refractivity contribution in [2.45, 2.75) is 63.3 Å². The van der Waals surface area contributed by atoms with Gasteiger partial charge in [0.1, 0.15) is 0 Å². The Kier molecular flexibility index (Phi) is 3.14. The number of nitrogens with two attached hydrogens (primary N) is 1. The molecule has 0 aromatic carbocycles. The van der Waals surface area contributed by atoms with Gasteiger partial charge in [-0.05, 0) is 25.2 Å². The molecule has 4 heteroatoms. The Labute approximate surface area is 102 Å². The highest BCUT2D eigenvalue weighted by Crippen LogP contribution is 2.39. The van der Waals surface area contributed by atoms with Crippen molar-refractivity contribution in [3.8, 4) is 0 Å². The lowest BCUT2D eigenvalue weighted by molar-refractivity contribution is 0.310. The third kappa shape index (κ3) is 2.68. The Bertz CT molecular complexity index is 366. The standard InChI is InChI=1S/C13H21N3O/c14-11(8-9-4-2-1-3-5-9)12-15-13(17-16-12)10-6-7-10/h9-11H,1-8,14H2. The van der Waals surface area contributed by atoms with E-state index in [9.17, 15) is 0 Å². The van der Waals surface area contributed by atoms with Crippen LogP contribution < -0.4 is 5.73 Å². The van der Waals surface area contributed by atoms with E-state index in [-0.39, 0.29) is 6.04 Å². The third-order valence-corrected chi connectivity index (χ3v) is 4.03. The summed E-state index contributed by atoms with van der Waals surface area (Å²) in [6.45, 7) is 0. The lowest BCUT2D eigenvalue weighted by Gasteiger charge is -2.23. The second-order valence-electron chi connectivity index (χ2n) is 5.61. The topological polar surface area (TPSA) is 64.9 Å². The minimum atomic E-state index is -0.0330. The molecule has 0 bridgehead atoms. The van der Waals surface area contributed by atoms with Gasteiger partial charge in [0.2, 0.25) is 5.89 Å². The van der Waals surface area contributed by atoms with E-state index in [0.29, 0.717) is 5.92 Å². The molecule has 17 heavy (non-hydrogen) atoms. The van der Waals surface area contributed by atoms with E-state index in [1.54, 1.807) is 0 Å². The minimum Gasteiger partial charge on any atom is -0.339 e. The summed E-state index contributed by atoms with van der Waals surface area (Å²) in [5, 5.41) is 4.03. The average molecular weight is 235 g/mol. The molecule has 2 fully saturated rings. The number of nitrogens with zero attached hydrogens (tertiary/aromatic N) is 2. The van der Waals surface area contributed by atoms with Gasteiger partial charge < -0.3 is 10.3 Å². The van der Waals surface area contributed by atoms with Gasteiger partial charge >= 0.3 is 0 Å². The Balaban J connectivity index is 1.57. The zero-order valence-electron chi connectivity index (χ0n) is 10.3. The van der Waals surface area contributed by atoms with Crippen molar-refractivity contribution in [3.63, 3.8) is 0 Å². The molecule has 4 nitrogen and oxygen atoms in total. The smallest absolute Gasteiger partial charge is 0.229 e. The predicted octanol–water partition coefficient (Wildman–Crippen LogP) is 2.92. The van der Waals surface area contributed by atoms with E-state index < -0.39 is 0 Å². The fourth-order valence-corrected chi connectivity index (χ4v) is 2.78. The molecule has 0 amide bonds. The predicted molar refractivity (Wildman–Crippen MR) is 64.4 cm³/mol. The van der Waals surface area contributed by atoms with E-state index in [1.165, 1.54) is 44.9 Å². The molecule has 2 saturated carbocycles. The molecule has 1 heterocycles. The van der Waals surface area contributed by atoms with Crippen molar-refractivity contribution < 1.29 is 4.52 Å². The summed E-state index contributed by atoms with van der Waals surface area (Å²) in [5.41, 5.74) is 6.17. The van der Waals surface area contributed by atoms with Gasteiger partial charge in [0, 0.05) is 5.92 Å². The minimum absolute atomic E-state index is 0.0330. The molecule has 1 aromatic rings. The van der Waals surface area contributed by atoms with Crippen LogP contribution in [-0.4, -0.2) is 10.1 Å². The van der Waals surface area contributed by atoms with Gasteiger partial charge in [0.25, 0.3) is 0 Å². The SMILES string of the molecule is NC(CC1CCCCC1)c1noc(C2CC2)n1. The van der Waals surface area contributed by atoms with Crippen molar-refractivity contribution in [1.29, 1.82) is 0 Å². The number of rotatable bonds is 4. The first-order valence-corrected chi connectivity index (χ1v) is 6.92. The molecule has 2 N–H and O–H groups in total. The van der Waals surface area contributed by atoms with Gasteiger partial charge in [-0.15, -0.1) is 0 Å². The maximum absolute atomic E-state index is 6.17. The van der Waals surface area contributed by atoms with E-state index in [4.69, 9.17) is 10.3 Å². The Morgan fingerprint density at radius 3 is 2.65 bits per heavy atom. The monoisotopic (exact) mass is 235 g/mol. The van der Waals surface area contributed by atoms with Crippen LogP contribution in [0.15, 0.2) is 4.52 Å². The van der Waals surface area contributed by atoms with Gasteiger partial charge in [-0.1, -0.05) is 37.3 Å². The molecule has 94 valence electrons. The summed E-state index contributed by atoms with van der Waals surface area (Å²) < 4.78 is 5.26. The molecular formula is C13H21N3O. The molecule has 0 saturated heterocycles. The summed E-state index contributed by atoms with van der Waals surface area (Å²) >= 11 is 0. The molecule has 1 atom stereocenters. The lowest BCUT2D eigenvalue weighted by Crippen LogP contribution is -2.18.